The fraction of sp³-hybridized carbons (Fsp3) is 0.158. The van der Waals surface area contributed by atoms with Crippen molar-refractivity contribution >= 4 is 40.9 Å². The second-order valence-corrected chi connectivity index (χ2v) is 6.05. The molecule has 0 aromatic heterocycles. The van der Waals surface area contributed by atoms with Crippen molar-refractivity contribution in [2.45, 2.75) is 6.42 Å². The van der Waals surface area contributed by atoms with E-state index < -0.39 is 6.03 Å². The first-order valence-electron chi connectivity index (χ1n) is 8.44. The predicted molar refractivity (Wildman–Crippen MR) is 113 cm³/mol. The van der Waals surface area contributed by atoms with Crippen molar-refractivity contribution in [1.29, 1.82) is 0 Å². The standard InChI is InChI=1S/C19H21ClN5O3/c1-13(12-22-15-5-2-3-6-16(15)25-27)23-19(26)24-17-11-14(20)7-8-18(17)28-10-4-9-21/h2-3,5-8,11-12,25H,1,4,9-10,21H2,(H2,23,24,26)/q-1. The number of hydrogen-bond acceptors (Lipinski definition) is 6. The Morgan fingerprint density at radius 2 is 2.07 bits per heavy atom. The van der Waals surface area contributed by atoms with Crippen LogP contribution in [0, 0.1) is 5.21 Å². The maximum Gasteiger partial charge on any atom is 0.323 e. The molecule has 0 aliphatic carbocycles. The summed E-state index contributed by atoms with van der Waals surface area (Å²) < 4.78 is 5.60. The molecule has 0 atom stereocenters. The normalized spacial score (nSPS) is 10.5. The minimum absolute atomic E-state index is 0.228. The highest BCUT2D eigenvalue weighted by Gasteiger charge is 2.09. The van der Waals surface area contributed by atoms with Gasteiger partial charge in [-0.05, 0) is 43.3 Å². The molecule has 2 amide bonds. The maximum absolute atomic E-state index is 12.2. The number of urea groups is 1. The number of carbonyl (C=O) groups is 1. The summed E-state index contributed by atoms with van der Waals surface area (Å²) in [5.41, 5.74) is 8.63. The van der Waals surface area contributed by atoms with Crippen molar-refractivity contribution in [3.8, 4) is 5.75 Å². The summed E-state index contributed by atoms with van der Waals surface area (Å²) in [5.74, 6) is 0.475. The third-order valence-corrected chi connectivity index (χ3v) is 3.68. The van der Waals surface area contributed by atoms with Gasteiger partial charge in [0.15, 0.2) is 0 Å². The van der Waals surface area contributed by atoms with Crippen LogP contribution < -0.4 is 26.6 Å². The third-order valence-electron chi connectivity index (χ3n) is 3.44. The highest BCUT2D eigenvalue weighted by molar-refractivity contribution is 6.31. The van der Waals surface area contributed by atoms with Crippen LogP contribution >= 0.6 is 11.6 Å². The maximum atomic E-state index is 12.2. The molecule has 0 aliphatic rings. The van der Waals surface area contributed by atoms with Crippen molar-refractivity contribution in [2.24, 2.45) is 10.7 Å². The molecular weight excluding hydrogens is 382 g/mol. The molecule has 0 heterocycles. The number of rotatable bonds is 9. The van der Waals surface area contributed by atoms with Gasteiger partial charge in [-0.2, -0.15) is 0 Å². The number of hydrogen-bond donors (Lipinski definition) is 4. The lowest BCUT2D eigenvalue weighted by Gasteiger charge is -2.13. The van der Waals surface area contributed by atoms with Crippen LogP contribution in [0.4, 0.5) is 21.9 Å². The van der Waals surface area contributed by atoms with E-state index >= 15 is 0 Å². The largest absolute Gasteiger partial charge is 0.761 e. The first kappa shape index (κ1) is 21.2. The van der Waals surface area contributed by atoms with E-state index in [0.29, 0.717) is 47.4 Å². The third kappa shape index (κ3) is 6.58. The van der Waals surface area contributed by atoms with Crippen LogP contribution in [0.3, 0.4) is 0 Å². The number of nitrogens with two attached hydrogens (primary N) is 1. The zero-order valence-corrected chi connectivity index (χ0v) is 15.8. The van der Waals surface area contributed by atoms with Crippen molar-refractivity contribution < 1.29 is 9.53 Å². The minimum atomic E-state index is -0.544. The SMILES string of the molecule is C=C(C=Nc1ccccc1N[O-])NC(=O)Nc1cc(Cl)ccc1OCCCN. The molecule has 0 unspecified atom stereocenters. The lowest BCUT2D eigenvalue weighted by Crippen LogP contribution is -2.28. The number of anilines is 2. The van der Waals surface area contributed by atoms with E-state index in [2.05, 4.69) is 22.2 Å². The van der Waals surface area contributed by atoms with Gasteiger partial charge in [0, 0.05) is 10.7 Å². The molecule has 0 aliphatic heterocycles. The Balaban J connectivity index is 1.98. The summed E-state index contributed by atoms with van der Waals surface area (Å²) in [5, 5.41) is 16.5. The molecule has 0 bridgehead atoms. The summed E-state index contributed by atoms with van der Waals surface area (Å²) >= 11 is 6.00. The topological polar surface area (TPSA) is 124 Å². The Labute approximate surface area is 168 Å². The average Bonchev–Trinajstić information content (AvgIpc) is 2.68. The lowest BCUT2D eigenvalue weighted by atomic mass is 10.3. The number of amides is 2. The molecule has 0 saturated heterocycles. The molecule has 2 aromatic rings. The van der Waals surface area contributed by atoms with Crippen LogP contribution in [0.2, 0.25) is 5.02 Å². The van der Waals surface area contributed by atoms with Gasteiger partial charge in [-0.25, -0.2) is 4.79 Å². The van der Waals surface area contributed by atoms with E-state index in [4.69, 9.17) is 22.1 Å². The molecule has 8 nitrogen and oxygen atoms in total. The van der Waals surface area contributed by atoms with E-state index in [9.17, 15) is 10.0 Å². The van der Waals surface area contributed by atoms with Gasteiger partial charge in [-0.1, -0.05) is 30.3 Å². The molecule has 2 rings (SSSR count). The quantitative estimate of drug-likeness (QED) is 0.286. The lowest BCUT2D eigenvalue weighted by molar-refractivity contribution is 0.254. The van der Waals surface area contributed by atoms with Gasteiger partial charge in [0.05, 0.1) is 29.9 Å². The molecular formula is C19H21ClN5O3-. The van der Waals surface area contributed by atoms with Gasteiger partial charge in [0.25, 0.3) is 0 Å². The Morgan fingerprint density at radius 1 is 1.29 bits per heavy atom. The van der Waals surface area contributed by atoms with Gasteiger partial charge in [-0.15, -0.1) is 0 Å². The molecule has 148 valence electrons. The Morgan fingerprint density at radius 3 is 2.82 bits per heavy atom. The van der Waals surface area contributed by atoms with E-state index in [1.807, 2.05) is 0 Å². The molecule has 9 heteroatoms. The highest BCUT2D eigenvalue weighted by Crippen LogP contribution is 2.28. The number of para-hydroxylation sites is 2. The summed E-state index contributed by atoms with van der Waals surface area (Å²) in [6.07, 6.45) is 2.02. The van der Waals surface area contributed by atoms with Crippen LogP contribution in [0.5, 0.6) is 5.75 Å². The van der Waals surface area contributed by atoms with Gasteiger partial charge in [-0.3, -0.25) is 4.99 Å². The number of aliphatic imine (C=N–C) groups is 1. The first-order valence-corrected chi connectivity index (χ1v) is 8.82. The average molecular weight is 403 g/mol. The first-order chi connectivity index (χ1) is 13.5. The molecule has 5 N–H and O–H groups in total. The van der Waals surface area contributed by atoms with Crippen molar-refractivity contribution in [2.75, 3.05) is 23.9 Å². The number of benzene rings is 2. The summed E-state index contributed by atoms with van der Waals surface area (Å²) in [7, 11) is 0. The molecule has 0 spiro atoms. The number of allylic oxidation sites excluding steroid dienone is 1. The predicted octanol–water partition coefficient (Wildman–Crippen LogP) is 4.02. The second kappa shape index (κ2) is 10.9. The van der Waals surface area contributed by atoms with Crippen LogP contribution in [0.15, 0.2) is 59.7 Å². The van der Waals surface area contributed by atoms with E-state index in [1.54, 1.807) is 47.9 Å². The van der Waals surface area contributed by atoms with Gasteiger partial charge in [0.1, 0.15) is 5.75 Å². The number of nitrogens with zero attached hydrogens (tertiary/aromatic N) is 1. The number of carbonyl (C=O) groups excluding carboxylic acids is 1. The molecule has 0 saturated carbocycles. The van der Waals surface area contributed by atoms with Crippen LogP contribution in [0.25, 0.3) is 0 Å². The fourth-order valence-corrected chi connectivity index (χ4v) is 2.31. The van der Waals surface area contributed by atoms with E-state index in [-0.39, 0.29) is 5.70 Å². The minimum Gasteiger partial charge on any atom is -0.761 e. The number of ether oxygens (including phenoxy) is 1. The zero-order chi connectivity index (χ0) is 20.4. The highest BCUT2D eigenvalue weighted by atomic mass is 35.5. The van der Waals surface area contributed by atoms with Crippen LogP contribution in [-0.2, 0) is 0 Å². The van der Waals surface area contributed by atoms with Crippen LogP contribution in [-0.4, -0.2) is 25.4 Å². The monoisotopic (exact) mass is 402 g/mol. The van der Waals surface area contributed by atoms with Crippen LogP contribution in [0.1, 0.15) is 6.42 Å². The molecule has 2 aromatic carbocycles. The Bertz CT molecular complexity index is 857. The van der Waals surface area contributed by atoms with Crippen molar-refractivity contribution in [3.05, 3.63) is 65.0 Å². The Kier molecular flexibility index (Phi) is 8.29. The van der Waals surface area contributed by atoms with E-state index in [0.717, 1.165) is 0 Å². The molecule has 0 radical (unpaired) electrons. The summed E-state index contributed by atoms with van der Waals surface area (Å²) in [6.45, 7) is 4.64. The summed E-state index contributed by atoms with van der Waals surface area (Å²) in [6, 6.07) is 11.0. The van der Waals surface area contributed by atoms with Gasteiger partial charge in [0.2, 0.25) is 0 Å². The smallest absolute Gasteiger partial charge is 0.323 e. The molecule has 28 heavy (non-hydrogen) atoms. The number of nitrogens with one attached hydrogen (secondary N) is 3. The zero-order valence-electron chi connectivity index (χ0n) is 15.1. The van der Waals surface area contributed by atoms with Crippen molar-refractivity contribution in [1.82, 2.24) is 5.32 Å². The van der Waals surface area contributed by atoms with Gasteiger partial charge >= 0.3 is 6.03 Å². The van der Waals surface area contributed by atoms with Crippen molar-refractivity contribution in [3.63, 3.8) is 0 Å². The van der Waals surface area contributed by atoms with Gasteiger partial charge < -0.3 is 31.8 Å². The second-order valence-electron chi connectivity index (χ2n) is 5.61. The Hall–Kier alpha value is -3.07. The number of halogens is 1. The fourth-order valence-electron chi connectivity index (χ4n) is 2.14. The van der Waals surface area contributed by atoms with E-state index in [1.165, 1.54) is 6.21 Å². The molecule has 0 fully saturated rings. The summed E-state index contributed by atoms with van der Waals surface area (Å²) in [4.78, 5) is 16.4.